The second kappa shape index (κ2) is 6.44. The molecular formula is C13H28N+. The molecule has 14 heavy (non-hydrogen) atoms. The molecule has 0 aromatic rings. The van der Waals surface area contributed by atoms with Crippen molar-refractivity contribution in [2.45, 2.75) is 58.8 Å². The maximum atomic E-state index is 2.34. The van der Waals surface area contributed by atoms with Gasteiger partial charge in [-0.1, -0.05) is 26.7 Å². The second-order valence-corrected chi connectivity index (χ2v) is 5.00. The highest BCUT2D eigenvalue weighted by Gasteiger charge is 2.29. The molecule has 1 saturated heterocycles. The summed E-state index contributed by atoms with van der Waals surface area (Å²) in [5.74, 6) is 0. The van der Waals surface area contributed by atoms with E-state index in [1.54, 1.807) is 0 Å². The van der Waals surface area contributed by atoms with Gasteiger partial charge in [0.05, 0.1) is 26.2 Å². The fourth-order valence-corrected chi connectivity index (χ4v) is 2.91. The topological polar surface area (TPSA) is 0 Å². The molecule has 0 aromatic heterocycles. The summed E-state index contributed by atoms with van der Waals surface area (Å²) in [4.78, 5) is 0. The average molecular weight is 198 g/mol. The van der Waals surface area contributed by atoms with E-state index in [1.165, 1.54) is 75.6 Å². The molecule has 1 rings (SSSR count). The molecule has 1 fully saturated rings. The van der Waals surface area contributed by atoms with Crippen LogP contribution >= 0.6 is 0 Å². The Morgan fingerprint density at radius 2 is 1.50 bits per heavy atom. The van der Waals surface area contributed by atoms with Crippen LogP contribution in [0.5, 0.6) is 0 Å². The number of hydrogen-bond acceptors (Lipinski definition) is 0. The first-order valence-electron chi connectivity index (χ1n) is 6.68. The lowest BCUT2D eigenvalue weighted by Crippen LogP contribution is -2.46. The second-order valence-electron chi connectivity index (χ2n) is 5.00. The molecule has 0 saturated carbocycles. The van der Waals surface area contributed by atoms with Crippen LogP contribution in [0.25, 0.3) is 0 Å². The quantitative estimate of drug-likeness (QED) is 0.433. The molecule has 1 aliphatic heterocycles. The fourth-order valence-electron chi connectivity index (χ4n) is 2.91. The van der Waals surface area contributed by atoms with E-state index < -0.39 is 0 Å². The van der Waals surface area contributed by atoms with Gasteiger partial charge in [-0.2, -0.15) is 0 Å². The van der Waals surface area contributed by atoms with Gasteiger partial charge in [-0.3, -0.25) is 0 Å². The van der Waals surface area contributed by atoms with Crippen LogP contribution in [-0.4, -0.2) is 30.7 Å². The molecule has 84 valence electrons. The van der Waals surface area contributed by atoms with Crippen LogP contribution in [-0.2, 0) is 0 Å². The normalized spacial score (nSPS) is 20.1. The van der Waals surface area contributed by atoms with Gasteiger partial charge >= 0.3 is 0 Å². The summed E-state index contributed by atoms with van der Waals surface area (Å²) in [5.41, 5.74) is 0. The predicted octanol–water partition coefficient (Wildman–Crippen LogP) is 3.59. The van der Waals surface area contributed by atoms with Crippen LogP contribution in [0.15, 0.2) is 0 Å². The highest BCUT2D eigenvalue weighted by Crippen LogP contribution is 2.21. The van der Waals surface area contributed by atoms with Crippen LogP contribution in [0.3, 0.4) is 0 Å². The summed E-state index contributed by atoms with van der Waals surface area (Å²) in [7, 11) is 0. The summed E-state index contributed by atoms with van der Waals surface area (Å²) in [6.07, 6.45) is 10.1. The highest BCUT2D eigenvalue weighted by atomic mass is 15.4. The predicted molar refractivity (Wildman–Crippen MR) is 63.4 cm³/mol. The summed E-state index contributed by atoms with van der Waals surface area (Å²) >= 11 is 0. The van der Waals surface area contributed by atoms with E-state index in [0.29, 0.717) is 0 Å². The van der Waals surface area contributed by atoms with E-state index in [0.717, 1.165) is 0 Å². The molecule has 1 heterocycles. The average Bonchev–Trinajstić information content (AvgIpc) is 2.63. The van der Waals surface area contributed by atoms with Crippen molar-refractivity contribution in [3.8, 4) is 0 Å². The number of rotatable bonds is 7. The molecule has 0 aromatic carbocycles. The molecule has 0 atom stereocenters. The lowest BCUT2D eigenvalue weighted by molar-refractivity contribution is -0.917. The zero-order valence-electron chi connectivity index (χ0n) is 10.2. The summed E-state index contributed by atoms with van der Waals surface area (Å²) in [6.45, 7) is 10.5. The highest BCUT2D eigenvalue weighted by molar-refractivity contribution is 4.55. The third-order valence-electron chi connectivity index (χ3n) is 3.70. The number of hydrogen-bond donors (Lipinski definition) is 0. The largest absolute Gasteiger partial charge is 0.324 e. The third-order valence-corrected chi connectivity index (χ3v) is 3.70. The van der Waals surface area contributed by atoms with Crippen LogP contribution in [0.1, 0.15) is 58.8 Å². The lowest BCUT2D eigenvalue weighted by Gasteiger charge is -2.34. The zero-order chi connectivity index (χ0) is 10.3. The van der Waals surface area contributed by atoms with Crippen molar-refractivity contribution in [2.75, 3.05) is 26.2 Å². The summed E-state index contributed by atoms with van der Waals surface area (Å²) in [6, 6.07) is 0. The van der Waals surface area contributed by atoms with Gasteiger partial charge in [-0.05, 0) is 19.3 Å². The smallest absolute Gasteiger partial charge is 0.0788 e. The van der Waals surface area contributed by atoms with E-state index in [9.17, 15) is 0 Å². The first-order valence-corrected chi connectivity index (χ1v) is 6.68. The van der Waals surface area contributed by atoms with Crippen LogP contribution in [0.2, 0.25) is 0 Å². The number of nitrogens with zero attached hydrogens (tertiary/aromatic N) is 1. The number of quaternary nitrogens is 1. The van der Waals surface area contributed by atoms with Gasteiger partial charge in [-0.25, -0.2) is 0 Å². The summed E-state index contributed by atoms with van der Waals surface area (Å²) in [5, 5.41) is 0. The van der Waals surface area contributed by atoms with Crippen molar-refractivity contribution >= 4 is 0 Å². The molecule has 0 bridgehead atoms. The Bertz CT molecular complexity index is 136. The van der Waals surface area contributed by atoms with Gasteiger partial charge in [0.15, 0.2) is 0 Å². The minimum absolute atomic E-state index is 1.37. The standard InChI is InChI=1S/C13H28N/c1-3-5-6-7-11-14(10-4-2)12-8-9-13-14/h3-13H2,1-2H3/q+1. The van der Waals surface area contributed by atoms with Crippen molar-refractivity contribution in [2.24, 2.45) is 0 Å². The number of likely N-dealkylation sites (tertiary alicyclic amines) is 1. The minimum atomic E-state index is 1.37. The van der Waals surface area contributed by atoms with E-state index in [2.05, 4.69) is 13.8 Å². The molecular weight excluding hydrogens is 170 g/mol. The van der Waals surface area contributed by atoms with E-state index >= 15 is 0 Å². The van der Waals surface area contributed by atoms with Crippen LogP contribution in [0, 0.1) is 0 Å². The van der Waals surface area contributed by atoms with Crippen LogP contribution in [0.4, 0.5) is 0 Å². The SMILES string of the molecule is CCCCCC[N+]1(CCC)CCCC1. The van der Waals surface area contributed by atoms with E-state index in [4.69, 9.17) is 0 Å². The van der Waals surface area contributed by atoms with Crippen molar-refractivity contribution < 1.29 is 4.48 Å². The lowest BCUT2D eigenvalue weighted by atomic mass is 10.2. The van der Waals surface area contributed by atoms with E-state index in [1.807, 2.05) is 0 Å². The Morgan fingerprint density at radius 1 is 0.786 bits per heavy atom. The Morgan fingerprint density at radius 3 is 2.07 bits per heavy atom. The Labute approximate surface area is 90.1 Å². The molecule has 0 aliphatic carbocycles. The zero-order valence-corrected chi connectivity index (χ0v) is 10.2. The minimum Gasteiger partial charge on any atom is -0.324 e. The molecule has 1 heteroatoms. The fraction of sp³-hybridized carbons (Fsp3) is 1.00. The van der Waals surface area contributed by atoms with Crippen molar-refractivity contribution in [1.29, 1.82) is 0 Å². The summed E-state index contributed by atoms with van der Waals surface area (Å²) < 4.78 is 1.46. The Balaban J connectivity index is 2.21. The molecule has 1 aliphatic rings. The van der Waals surface area contributed by atoms with Crippen molar-refractivity contribution in [3.63, 3.8) is 0 Å². The third kappa shape index (κ3) is 3.61. The number of unbranched alkanes of at least 4 members (excludes halogenated alkanes) is 3. The van der Waals surface area contributed by atoms with Gasteiger partial charge in [0, 0.05) is 12.8 Å². The molecule has 0 spiro atoms. The van der Waals surface area contributed by atoms with Crippen molar-refractivity contribution in [1.82, 2.24) is 0 Å². The van der Waals surface area contributed by atoms with E-state index in [-0.39, 0.29) is 0 Å². The molecule has 0 amide bonds. The van der Waals surface area contributed by atoms with Gasteiger partial charge < -0.3 is 4.48 Å². The maximum Gasteiger partial charge on any atom is 0.0788 e. The molecule has 0 radical (unpaired) electrons. The molecule has 0 unspecified atom stereocenters. The van der Waals surface area contributed by atoms with Gasteiger partial charge in [-0.15, -0.1) is 0 Å². The van der Waals surface area contributed by atoms with Crippen LogP contribution < -0.4 is 0 Å². The molecule has 1 nitrogen and oxygen atoms in total. The first-order chi connectivity index (χ1) is 6.83. The van der Waals surface area contributed by atoms with Gasteiger partial charge in [0.2, 0.25) is 0 Å². The molecule has 0 N–H and O–H groups in total. The van der Waals surface area contributed by atoms with Crippen molar-refractivity contribution in [3.05, 3.63) is 0 Å². The monoisotopic (exact) mass is 198 g/mol. The van der Waals surface area contributed by atoms with Gasteiger partial charge in [0.25, 0.3) is 0 Å². The Hall–Kier alpha value is -0.0400. The maximum absolute atomic E-state index is 2.34. The first kappa shape index (κ1) is 12.0. The Kier molecular flexibility index (Phi) is 5.54. The van der Waals surface area contributed by atoms with Gasteiger partial charge in [0.1, 0.15) is 0 Å².